The van der Waals surface area contributed by atoms with Gasteiger partial charge < -0.3 is 20.5 Å². The number of hydrogen-bond acceptors (Lipinski definition) is 3. The summed E-state index contributed by atoms with van der Waals surface area (Å²) in [6, 6.07) is 6.14. The normalized spacial score (nSPS) is 11.5. The van der Waals surface area contributed by atoms with Crippen LogP contribution in [0.15, 0.2) is 24.3 Å². The lowest BCUT2D eigenvalue weighted by atomic mass is 10.2. The molecule has 0 radical (unpaired) electrons. The fourth-order valence-electron chi connectivity index (χ4n) is 1.55. The number of rotatable bonds is 6. The van der Waals surface area contributed by atoms with Crippen molar-refractivity contribution < 1.29 is 19.4 Å². The van der Waals surface area contributed by atoms with Crippen LogP contribution >= 0.6 is 0 Å². The second kappa shape index (κ2) is 7.25. The minimum absolute atomic E-state index is 0.124. The lowest BCUT2D eigenvalue weighted by molar-refractivity contribution is -0.137. The van der Waals surface area contributed by atoms with Crippen LogP contribution in [0.5, 0.6) is 5.75 Å². The van der Waals surface area contributed by atoms with Gasteiger partial charge in [-0.25, -0.2) is 4.79 Å². The Morgan fingerprint density at radius 2 is 2.05 bits per heavy atom. The van der Waals surface area contributed by atoms with Gasteiger partial charge in [0.2, 0.25) is 0 Å². The Bertz CT molecular complexity index is 448. The number of carboxylic acids is 1. The van der Waals surface area contributed by atoms with Gasteiger partial charge in [0, 0.05) is 6.04 Å². The van der Waals surface area contributed by atoms with Crippen molar-refractivity contribution in [2.45, 2.75) is 26.3 Å². The zero-order chi connectivity index (χ0) is 14.3. The molecule has 0 aromatic heterocycles. The highest BCUT2D eigenvalue weighted by atomic mass is 16.5. The van der Waals surface area contributed by atoms with Crippen LogP contribution in [0.2, 0.25) is 0 Å². The summed E-state index contributed by atoms with van der Waals surface area (Å²) in [6.45, 7) is 3.98. The van der Waals surface area contributed by atoms with Gasteiger partial charge in [0.25, 0.3) is 0 Å². The summed E-state index contributed by atoms with van der Waals surface area (Å²) in [7, 11) is 0. The van der Waals surface area contributed by atoms with Gasteiger partial charge in [-0.15, -0.1) is 0 Å². The lowest BCUT2D eigenvalue weighted by Crippen LogP contribution is -2.37. The molecule has 0 spiro atoms. The van der Waals surface area contributed by atoms with Crippen molar-refractivity contribution in [3.8, 4) is 5.75 Å². The third-order valence-electron chi connectivity index (χ3n) is 2.29. The van der Waals surface area contributed by atoms with Crippen LogP contribution in [0.4, 0.5) is 10.5 Å². The number of aliphatic carboxylic acids is 1. The molecule has 19 heavy (non-hydrogen) atoms. The maximum Gasteiger partial charge on any atom is 0.319 e. The number of nitrogens with one attached hydrogen (secondary N) is 2. The van der Waals surface area contributed by atoms with Gasteiger partial charge in [-0.3, -0.25) is 4.79 Å². The molecule has 0 aliphatic heterocycles. The maximum absolute atomic E-state index is 11.7. The Kier molecular flexibility index (Phi) is 5.66. The molecule has 3 N–H and O–H groups in total. The standard InChI is InChI=1S/C13H18N2O4/c1-3-19-11-7-5-4-6-10(11)15-13(18)14-9(2)8-12(16)17/h4-7,9H,3,8H2,1-2H3,(H,16,17)(H2,14,15,18). The predicted molar refractivity (Wildman–Crippen MR) is 71.5 cm³/mol. The van der Waals surface area contributed by atoms with Crippen LogP contribution in [-0.2, 0) is 4.79 Å². The molecule has 0 fully saturated rings. The Hall–Kier alpha value is -2.24. The first-order valence-electron chi connectivity index (χ1n) is 6.04. The molecule has 6 nitrogen and oxygen atoms in total. The van der Waals surface area contributed by atoms with Crippen molar-refractivity contribution in [1.82, 2.24) is 5.32 Å². The van der Waals surface area contributed by atoms with Crippen molar-refractivity contribution in [3.63, 3.8) is 0 Å². The predicted octanol–water partition coefficient (Wildman–Crippen LogP) is 2.07. The van der Waals surface area contributed by atoms with E-state index in [1.807, 2.05) is 6.92 Å². The SMILES string of the molecule is CCOc1ccccc1NC(=O)NC(C)CC(=O)O. The number of urea groups is 1. The topological polar surface area (TPSA) is 87.7 Å². The first-order chi connectivity index (χ1) is 9.02. The highest BCUT2D eigenvalue weighted by Gasteiger charge is 2.12. The van der Waals surface area contributed by atoms with Crippen molar-refractivity contribution in [1.29, 1.82) is 0 Å². The molecule has 1 aromatic carbocycles. The van der Waals surface area contributed by atoms with E-state index in [0.29, 0.717) is 18.0 Å². The van der Waals surface area contributed by atoms with Gasteiger partial charge in [0.05, 0.1) is 18.7 Å². The van der Waals surface area contributed by atoms with E-state index >= 15 is 0 Å². The molecule has 0 aliphatic carbocycles. The smallest absolute Gasteiger partial charge is 0.319 e. The van der Waals surface area contributed by atoms with Gasteiger partial charge in [-0.2, -0.15) is 0 Å². The summed E-state index contributed by atoms with van der Waals surface area (Å²) in [6.07, 6.45) is -0.124. The van der Waals surface area contributed by atoms with E-state index in [1.165, 1.54) is 0 Å². The molecule has 0 bridgehead atoms. The summed E-state index contributed by atoms with van der Waals surface area (Å²) in [5, 5.41) is 13.8. The molecule has 1 aromatic rings. The molecule has 0 aliphatic rings. The van der Waals surface area contributed by atoms with Crippen LogP contribution in [-0.4, -0.2) is 29.8 Å². The highest BCUT2D eigenvalue weighted by molar-refractivity contribution is 5.91. The second-order valence-electron chi connectivity index (χ2n) is 4.03. The summed E-state index contributed by atoms with van der Waals surface area (Å²) >= 11 is 0. The average molecular weight is 266 g/mol. The van der Waals surface area contributed by atoms with E-state index in [2.05, 4.69) is 10.6 Å². The Balaban J connectivity index is 2.59. The van der Waals surface area contributed by atoms with Gasteiger partial charge in [-0.05, 0) is 26.0 Å². The molecule has 1 atom stereocenters. The number of benzene rings is 1. The third kappa shape index (κ3) is 5.29. The molecule has 104 valence electrons. The summed E-state index contributed by atoms with van der Waals surface area (Å²) in [5.74, 6) is -0.381. The third-order valence-corrected chi connectivity index (χ3v) is 2.29. The number of para-hydroxylation sites is 2. The molecule has 1 unspecified atom stereocenters. The Morgan fingerprint density at radius 3 is 2.68 bits per heavy atom. The fraction of sp³-hybridized carbons (Fsp3) is 0.385. The minimum atomic E-state index is -0.956. The number of anilines is 1. The summed E-state index contributed by atoms with van der Waals surface area (Å²) in [4.78, 5) is 22.2. The molecule has 6 heteroatoms. The number of carboxylic acid groups (broad SMARTS) is 1. The first kappa shape index (κ1) is 14.8. The lowest BCUT2D eigenvalue weighted by Gasteiger charge is -2.14. The van der Waals surface area contributed by atoms with E-state index in [1.54, 1.807) is 31.2 Å². The van der Waals surface area contributed by atoms with Gasteiger partial charge in [0.15, 0.2) is 0 Å². The Morgan fingerprint density at radius 1 is 1.37 bits per heavy atom. The molecule has 2 amide bonds. The second-order valence-corrected chi connectivity index (χ2v) is 4.03. The monoisotopic (exact) mass is 266 g/mol. The summed E-state index contributed by atoms with van der Waals surface area (Å²) in [5.41, 5.74) is 0.546. The molecule has 0 saturated heterocycles. The number of hydrogen-bond donors (Lipinski definition) is 3. The van der Waals surface area contributed by atoms with E-state index in [4.69, 9.17) is 9.84 Å². The van der Waals surface area contributed by atoms with Crippen LogP contribution < -0.4 is 15.4 Å². The molecular weight excluding hydrogens is 248 g/mol. The van der Waals surface area contributed by atoms with E-state index in [0.717, 1.165) is 0 Å². The largest absolute Gasteiger partial charge is 0.492 e. The van der Waals surface area contributed by atoms with Crippen LogP contribution in [0.1, 0.15) is 20.3 Å². The highest BCUT2D eigenvalue weighted by Crippen LogP contribution is 2.23. The van der Waals surface area contributed by atoms with Crippen molar-refractivity contribution >= 4 is 17.7 Å². The van der Waals surface area contributed by atoms with Gasteiger partial charge in [0.1, 0.15) is 5.75 Å². The van der Waals surface area contributed by atoms with E-state index in [9.17, 15) is 9.59 Å². The van der Waals surface area contributed by atoms with Crippen molar-refractivity contribution in [2.24, 2.45) is 0 Å². The van der Waals surface area contributed by atoms with E-state index < -0.39 is 18.0 Å². The molecule has 0 heterocycles. The molecular formula is C13H18N2O4. The fourth-order valence-corrected chi connectivity index (χ4v) is 1.55. The van der Waals surface area contributed by atoms with Crippen LogP contribution in [0.3, 0.4) is 0 Å². The van der Waals surface area contributed by atoms with E-state index in [-0.39, 0.29) is 6.42 Å². The summed E-state index contributed by atoms with van der Waals surface area (Å²) < 4.78 is 5.37. The zero-order valence-electron chi connectivity index (χ0n) is 11.0. The minimum Gasteiger partial charge on any atom is -0.492 e. The number of carbonyl (C=O) groups is 2. The van der Waals surface area contributed by atoms with Crippen molar-refractivity contribution in [2.75, 3.05) is 11.9 Å². The van der Waals surface area contributed by atoms with Gasteiger partial charge >= 0.3 is 12.0 Å². The van der Waals surface area contributed by atoms with Crippen LogP contribution in [0, 0.1) is 0 Å². The van der Waals surface area contributed by atoms with Crippen molar-refractivity contribution in [3.05, 3.63) is 24.3 Å². The van der Waals surface area contributed by atoms with Gasteiger partial charge in [-0.1, -0.05) is 12.1 Å². The quantitative estimate of drug-likeness (QED) is 0.735. The van der Waals surface area contributed by atoms with Crippen LogP contribution in [0.25, 0.3) is 0 Å². The first-order valence-corrected chi connectivity index (χ1v) is 6.04. The molecule has 1 rings (SSSR count). The average Bonchev–Trinajstić information content (AvgIpc) is 2.30. The molecule has 0 saturated carbocycles. The number of carbonyl (C=O) groups excluding carboxylic acids is 1. The maximum atomic E-state index is 11.7. The Labute approximate surface area is 111 Å². The number of amides is 2. The number of ether oxygens (including phenoxy) is 1. The zero-order valence-corrected chi connectivity index (χ0v) is 11.0.